The summed E-state index contributed by atoms with van der Waals surface area (Å²) in [6.45, 7) is 1.11. The van der Waals surface area contributed by atoms with Gasteiger partial charge in [0.2, 0.25) is 5.95 Å². The van der Waals surface area contributed by atoms with Crippen molar-refractivity contribution >= 4 is 11.7 Å². The van der Waals surface area contributed by atoms with Gasteiger partial charge < -0.3 is 9.64 Å². The number of anilines is 1. The van der Waals surface area contributed by atoms with Crippen molar-refractivity contribution in [2.75, 3.05) is 25.1 Å². The minimum Gasteiger partial charge on any atom is -0.496 e. The van der Waals surface area contributed by atoms with E-state index in [4.69, 9.17) is 4.74 Å². The number of para-hydroxylation sites is 1. The smallest absolute Gasteiger partial charge is 0.225 e. The molecule has 2 heterocycles. The number of methoxy groups -OCH3 is 1. The topological polar surface area (TPSA) is 55.3 Å². The van der Waals surface area contributed by atoms with Crippen LogP contribution in [0.2, 0.25) is 0 Å². The maximum Gasteiger partial charge on any atom is 0.225 e. The Morgan fingerprint density at radius 3 is 2.60 bits per heavy atom. The number of aromatic nitrogens is 2. The highest BCUT2D eigenvalue weighted by molar-refractivity contribution is 5.86. The van der Waals surface area contributed by atoms with Crippen LogP contribution in [0, 0.1) is 0 Å². The number of hydrogen-bond acceptors (Lipinski definition) is 5. The van der Waals surface area contributed by atoms with E-state index in [1.54, 1.807) is 19.5 Å². The first-order valence-electron chi connectivity index (χ1n) is 6.50. The zero-order chi connectivity index (χ0) is 13.9. The van der Waals surface area contributed by atoms with Gasteiger partial charge in [-0.25, -0.2) is 9.97 Å². The molecule has 1 aliphatic heterocycles. The molecule has 0 radical (unpaired) electrons. The van der Waals surface area contributed by atoms with Crippen LogP contribution >= 0.6 is 0 Å². The van der Waals surface area contributed by atoms with E-state index in [0.717, 1.165) is 16.9 Å². The number of rotatable bonds is 3. The van der Waals surface area contributed by atoms with Crippen LogP contribution in [0.1, 0.15) is 6.42 Å². The molecule has 0 aliphatic carbocycles. The monoisotopic (exact) mass is 269 g/mol. The number of carbonyl (C=O) groups excluding carboxylic acids is 1. The summed E-state index contributed by atoms with van der Waals surface area (Å²) < 4.78 is 5.33. The molecule has 3 rings (SSSR count). The lowest BCUT2D eigenvalue weighted by Gasteiger charge is -2.14. The van der Waals surface area contributed by atoms with Crippen molar-refractivity contribution in [3.8, 4) is 16.9 Å². The lowest BCUT2D eigenvalue weighted by Crippen LogP contribution is -2.21. The average Bonchev–Trinajstić information content (AvgIpc) is 2.94. The van der Waals surface area contributed by atoms with Crippen LogP contribution in [0.15, 0.2) is 36.7 Å². The number of ketones is 1. The Bertz CT molecular complexity index is 625. The second-order valence-corrected chi connectivity index (χ2v) is 4.68. The Labute approximate surface area is 117 Å². The molecule has 1 aliphatic rings. The van der Waals surface area contributed by atoms with Crippen molar-refractivity contribution in [1.29, 1.82) is 0 Å². The standard InChI is InChI=1S/C15H15N3O2/c1-20-14-5-3-2-4-13(14)11-8-16-15(17-9-11)18-7-6-12(19)10-18/h2-5,8-9H,6-7,10H2,1H3. The summed E-state index contributed by atoms with van der Waals surface area (Å²) in [6.07, 6.45) is 4.11. The molecule has 102 valence electrons. The third-order valence-corrected chi connectivity index (χ3v) is 3.37. The summed E-state index contributed by atoms with van der Waals surface area (Å²) in [7, 11) is 1.64. The van der Waals surface area contributed by atoms with Crippen molar-refractivity contribution in [2.24, 2.45) is 0 Å². The molecule has 2 aromatic rings. The summed E-state index contributed by atoms with van der Waals surface area (Å²) >= 11 is 0. The quantitative estimate of drug-likeness (QED) is 0.852. The molecule has 5 nitrogen and oxygen atoms in total. The van der Waals surface area contributed by atoms with E-state index < -0.39 is 0 Å². The third kappa shape index (κ3) is 2.34. The van der Waals surface area contributed by atoms with E-state index in [1.807, 2.05) is 29.2 Å². The fourth-order valence-corrected chi connectivity index (χ4v) is 2.31. The first kappa shape index (κ1) is 12.6. The number of benzene rings is 1. The van der Waals surface area contributed by atoms with E-state index in [-0.39, 0.29) is 5.78 Å². The fraction of sp³-hybridized carbons (Fsp3) is 0.267. The Morgan fingerprint density at radius 2 is 1.95 bits per heavy atom. The van der Waals surface area contributed by atoms with E-state index in [9.17, 15) is 4.79 Å². The summed E-state index contributed by atoms with van der Waals surface area (Å²) in [5, 5.41) is 0. The number of hydrogen-bond donors (Lipinski definition) is 0. The zero-order valence-electron chi connectivity index (χ0n) is 11.2. The first-order valence-corrected chi connectivity index (χ1v) is 6.50. The Morgan fingerprint density at radius 1 is 1.20 bits per heavy atom. The molecule has 0 saturated carbocycles. The fourth-order valence-electron chi connectivity index (χ4n) is 2.31. The van der Waals surface area contributed by atoms with Gasteiger partial charge in [-0.1, -0.05) is 18.2 Å². The summed E-state index contributed by atoms with van der Waals surface area (Å²) in [6, 6.07) is 7.75. The van der Waals surface area contributed by atoms with Crippen LogP contribution < -0.4 is 9.64 Å². The van der Waals surface area contributed by atoms with Crippen molar-refractivity contribution < 1.29 is 9.53 Å². The molecular formula is C15H15N3O2. The first-order chi connectivity index (χ1) is 9.78. The largest absolute Gasteiger partial charge is 0.496 e. The summed E-state index contributed by atoms with van der Waals surface area (Å²) in [5.74, 6) is 1.64. The lowest BCUT2D eigenvalue weighted by molar-refractivity contribution is -0.116. The minimum absolute atomic E-state index is 0.238. The van der Waals surface area contributed by atoms with Crippen molar-refractivity contribution in [3.05, 3.63) is 36.7 Å². The van der Waals surface area contributed by atoms with Gasteiger partial charge in [-0.05, 0) is 6.07 Å². The SMILES string of the molecule is COc1ccccc1-c1cnc(N2CCC(=O)C2)nc1. The van der Waals surface area contributed by atoms with Gasteiger partial charge in [0.15, 0.2) is 5.78 Å². The minimum atomic E-state index is 0.238. The molecule has 0 unspecified atom stereocenters. The summed E-state index contributed by atoms with van der Waals surface area (Å²) in [5.41, 5.74) is 1.86. The van der Waals surface area contributed by atoms with E-state index in [0.29, 0.717) is 25.5 Å². The van der Waals surface area contributed by atoms with Gasteiger partial charge in [0.25, 0.3) is 0 Å². The van der Waals surface area contributed by atoms with E-state index >= 15 is 0 Å². The van der Waals surface area contributed by atoms with Crippen molar-refractivity contribution in [2.45, 2.75) is 6.42 Å². The Hall–Kier alpha value is -2.43. The molecule has 0 amide bonds. The van der Waals surface area contributed by atoms with Crippen LogP contribution in [0.3, 0.4) is 0 Å². The van der Waals surface area contributed by atoms with Gasteiger partial charge in [0.05, 0.1) is 13.7 Å². The molecule has 1 aromatic carbocycles. The van der Waals surface area contributed by atoms with Gasteiger partial charge in [-0.2, -0.15) is 0 Å². The highest BCUT2D eigenvalue weighted by atomic mass is 16.5. The Balaban J connectivity index is 1.87. The zero-order valence-corrected chi connectivity index (χ0v) is 11.2. The third-order valence-electron chi connectivity index (χ3n) is 3.37. The van der Waals surface area contributed by atoms with E-state index in [1.165, 1.54) is 0 Å². The molecule has 1 fully saturated rings. The van der Waals surface area contributed by atoms with E-state index in [2.05, 4.69) is 9.97 Å². The second-order valence-electron chi connectivity index (χ2n) is 4.68. The molecule has 5 heteroatoms. The van der Waals surface area contributed by atoms with Crippen LogP contribution in [0.25, 0.3) is 11.1 Å². The van der Waals surface area contributed by atoms with Crippen LogP contribution in [-0.4, -0.2) is 36.0 Å². The number of ether oxygens (including phenoxy) is 1. The predicted octanol–water partition coefficient (Wildman–Crippen LogP) is 1.93. The predicted molar refractivity (Wildman–Crippen MR) is 75.9 cm³/mol. The van der Waals surface area contributed by atoms with Crippen molar-refractivity contribution in [1.82, 2.24) is 9.97 Å². The molecule has 1 saturated heterocycles. The normalized spacial score (nSPS) is 14.7. The maximum absolute atomic E-state index is 11.3. The van der Waals surface area contributed by atoms with Crippen LogP contribution in [0.5, 0.6) is 5.75 Å². The van der Waals surface area contributed by atoms with Gasteiger partial charge in [0, 0.05) is 36.5 Å². The number of Topliss-reactive ketones (excluding diaryl/α,β-unsaturated/α-hetero) is 1. The highest BCUT2D eigenvalue weighted by Gasteiger charge is 2.21. The average molecular weight is 269 g/mol. The van der Waals surface area contributed by atoms with Gasteiger partial charge in [-0.3, -0.25) is 4.79 Å². The number of nitrogens with zero attached hydrogens (tertiary/aromatic N) is 3. The maximum atomic E-state index is 11.3. The van der Waals surface area contributed by atoms with Crippen LogP contribution in [0.4, 0.5) is 5.95 Å². The molecule has 0 bridgehead atoms. The van der Waals surface area contributed by atoms with Gasteiger partial charge >= 0.3 is 0 Å². The van der Waals surface area contributed by atoms with Gasteiger partial charge in [-0.15, -0.1) is 0 Å². The molecular weight excluding hydrogens is 254 g/mol. The molecule has 20 heavy (non-hydrogen) atoms. The molecule has 0 spiro atoms. The van der Waals surface area contributed by atoms with Crippen LogP contribution in [-0.2, 0) is 4.79 Å². The molecule has 0 atom stereocenters. The highest BCUT2D eigenvalue weighted by Crippen LogP contribution is 2.29. The van der Waals surface area contributed by atoms with Gasteiger partial charge in [0.1, 0.15) is 5.75 Å². The van der Waals surface area contributed by atoms with Crippen molar-refractivity contribution in [3.63, 3.8) is 0 Å². The molecule has 0 N–H and O–H groups in total. The lowest BCUT2D eigenvalue weighted by atomic mass is 10.1. The Kier molecular flexibility index (Phi) is 3.33. The molecule has 1 aromatic heterocycles. The summed E-state index contributed by atoms with van der Waals surface area (Å²) in [4.78, 5) is 21.9. The second kappa shape index (κ2) is 5.28. The number of carbonyl (C=O) groups is 1.